The molecule has 0 atom stereocenters. The van der Waals surface area contributed by atoms with Crippen LogP contribution in [0.3, 0.4) is 0 Å². The lowest BCUT2D eigenvalue weighted by atomic mass is 9.87. The van der Waals surface area contributed by atoms with Crippen molar-refractivity contribution >= 4 is 11.5 Å². The molecule has 142 valence electrons. The quantitative estimate of drug-likeness (QED) is 0.563. The van der Waals surface area contributed by atoms with E-state index < -0.39 is 0 Å². The second-order valence-corrected chi connectivity index (χ2v) is 7.88. The Balaban J connectivity index is 2.10. The van der Waals surface area contributed by atoms with Crippen LogP contribution in [0.1, 0.15) is 47.8 Å². The van der Waals surface area contributed by atoms with E-state index in [0.29, 0.717) is 33.4 Å². The van der Waals surface area contributed by atoms with Crippen LogP contribution in [-0.2, 0) is 0 Å². The molecule has 0 fully saturated rings. The SMILES string of the molecule is CC(C)(C)C1=C/C(=C(/O)c2ccc(C#N)cc2)C(C(=O)c2ccc(C#N)cc2)=C1. The molecular formula is C25H20N2O2. The third-order valence-electron chi connectivity index (χ3n) is 4.82. The molecule has 4 nitrogen and oxygen atoms in total. The zero-order valence-corrected chi connectivity index (χ0v) is 16.5. The number of nitriles is 2. The number of rotatable bonds is 3. The van der Waals surface area contributed by atoms with Gasteiger partial charge in [-0.3, -0.25) is 4.79 Å². The molecule has 0 heterocycles. The van der Waals surface area contributed by atoms with Gasteiger partial charge < -0.3 is 5.11 Å². The highest BCUT2D eigenvalue weighted by molar-refractivity contribution is 6.14. The van der Waals surface area contributed by atoms with Crippen molar-refractivity contribution in [1.29, 1.82) is 10.5 Å². The Morgan fingerprint density at radius 2 is 1.31 bits per heavy atom. The molecule has 3 rings (SSSR count). The first-order valence-corrected chi connectivity index (χ1v) is 9.17. The lowest BCUT2D eigenvalue weighted by molar-refractivity contribution is 0.103. The average molecular weight is 380 g/mol. The molecule has 0 aromatic heterocycles. The van der Waals surface area contributed by atoms with Gasteiger partial charge in [0.1, 0.15) is 5.76 Å². The monoisotopic (exact) mass is 380 g/mol. The first-order chi connectivity index (χ1) is 13.7. The molecule has 0 saturated heterocycles. The van der Waals surface area contributed by atoms with Gasteiger partial charge in [-0.25, -0.2) is 0 Å². The topological polar surface area (TPSA) is 84.9 Å². The van der Waals surface area contributed by atoms with E-state index in [2.05, 4.69) is 0 Å². The van der Waals surface area contributed by atoms with Gasteiger partial charge in [-0.15, -0.1) is 0 Å². The van der Waals surface area contributed by atoms with Gasteiger partial charge in [0.05, 0.1) is 23.3 Å². The molecule has 0 unspecified atom stereocenters. The molecule has 1 aliphatic carbocycles. The van der Waals surface area contributed by atoms with Crippen molar-refractivity contribution in [1.82, 2.24) is 0 Å². The van der Waals surface area contributed by atoms with Crippen molar-refractivity contribution in [3.8, 4) is 12.1 Å². The van der Waals surface area contributed by atoms with Gasteiger partial charge in [-0.1, -0.05) is 20.8 Å². The zero-order valence-electron chi connectivity index (χ0n) is 16.5. The molecule has 0 amide bonds. The highest BCUT2D eigenvalue weighted by Gasteiger charge is 2.28. The summed E-state index contributed by atoms with van der Waals surface area (Å²) < 4.78 is 0. The summed E-state index contributed by atoms with van der Waals surface area (Å²) in [5, 5.41) is 28.9. The maximum absolute atomic E-state index is 13.2. The number of aliphatic hydroxyl groups excluding tert-OH is 1. The van der Waals surface area contributed by atoms with E-state index in [1.807, 2.05) is 45.1 Å². The molecular weight excluding hydrogens is 360 g/mol. The van der Waals surface area contributed by atoms with Crippen LogP contribution in [0.5, 0.6) is 0 Å². The summed E-state index contributed by atoms with van der Waals surface area (Å²) in [5.74, 6) is -0.234. The number of hydrogen-bond donors (Lipinski definition) is 1. The van der Waals surface area contributed by atoms with Gasteiger partial charge in [0, 0.05) is 22.3 Å². The van der Waals surface area contributed by atoms with Crippen LogP contribution in [0.15, 0.2) is 77.4 Å². The Kier molecular flexibility index (Phi) is 5.22. The first kappa shape index (κ1) is 19.9. The molecule has 1 aliphatic rings. The highest BCUT2D eigenvalue weighted by atomic mass is 16.3. The minimum atomic E-state index is -0.222. The van der Waals surface area contributed by atoms with Crippen LogP contribution in [0.4, 0.5) is 0 Å². The Morgan fingerprint density at radius 3 is 1.76 bits per heavy atom. The predicted molar refractivity (Wildman–Crippen MR) is 112 cm³/mol. The van der Waals surface area contributed by atoms with E-state index in [1.165, 1.54) is 0 Å². The van der Waals surface area contributed by atoms with Gasteiger partial charge >= 0.3 is 0 Å². The Morgan fingerprint density at radius 1 is 0.828 bits per heavy atom. The van der Waals surface area contributed by atoms with Crippen molar-refractivity contribution < 1.29 is 9.90 Å². The van der Waals surface area contributed by atoms with Crippen molar-refractivity contribution in [3.63, 3.8) is 0 Å². The van der Waals surface area contributed by atoms with E-state index >= 15 is 0 Å². The summed E-state index contributed by atoms with van der Waals surface area (Å²) in [6, 6.07) is 17.1. The summed E-state index contributed by atoms with van der Waals surface area (Å²) in [5.41, 5.74) is 3.54. The van der Waals surface area contributed by atoms with Crippen molar-refractivity contribution in [2.24, 2.45) is 5.41 Å². The third kappa shape index (κ3) is 4.03. The summed E-state index contributed by atoms with van der Waals surface area (Å²) >= 11 is 0. The minimum absolute atomic E-state index is 0.0121. The molecule has 0 bridgehead atoms. The fraction of sp³-hybridized carbons (Fsp3) is 0.160. The molecule has 1 N–H and O–H groups in total. The van der Waals surface area contributed by atoms with Crippen LogP contribution in [0, 0.1) is 28.1 Å². The standard InChI is InChI=1S/C25H20N2O2/c1-25(2,3)20-12-21(23(28)18-8-4-16(14-26)5-9-18)22(13-20)24(29)19-10-6-17(15-27)7-11-19/h4-13,28H,1-3H3/b23-21-. The number of benzene rings is 2. The highest BCUT2D eigenvalue weighted by Crippen LogP contribution is 2.39. The summed E-state index contributed by atoms with van der Waals surface area (Å²) in [7, 11) is 0. The Hall–Kier alpha value is -3.89. The van der Waals surface area contributed by atoms with Gasteiger partial charge in [0.15, 0.2) is 5.78 Å². The van der Waals surface area contributed by atoms with E-state index in [0.717, 1.165) is 5.57 Å². The van der Waals surface area contributed by atoms with Crippen LogP contribution < -0.4 is 0 Å². The van der Waals surface area contributed by atoms with Crippen LogP contribution >= 0.6 is 0 Å². The zero-order chi connectivity index (χ0) is 21.2. The summed E-state index contributed by atoms with van der Waals surface area (Å²) in [6.45, 7) is 6.13. The van der Waals surface area contributed by atoms with Gasteiger partial charge in [0.25, 0.3) is 0 Å². The van der Waals surface area contributed by atoms with E-state index in [4.69, 9.17) is 10.5 Å². The Labute approximate surface area is 170 Å². The van der Waals surface area contributed by atoms with Gasteiger partial charge in [-0.2, -0.15) is 10.5 Å². The van der Waals surface area contributed by atoms with Crippen LogP contribution in [0.2, 0.25) is 0 Å². The molecule has 2 aromatic rings. The number of nitrogens with zero attached hydrogens (tertiary/aromatic N) is 2. The third-order valence-corrected chi connectivity index (χ3v) is 4.82. The number of Topliss-reactive ketones (excluding diaryl/α,β-unsaturated/α-hetero) is 1. The number of carbonyl (C=O) groups is 1. The van der Waals surface area contributed by atoms with Crippen molar-refractivity contribution in [2.45, 2.75) is 20.8 Å². The molecule has 0 radical (unpaired) electrons. The summed E-state index contributed by atoms with van der Waals surface area (Å²) in [6.07, 6.45) is 3.65. The molecule has 0 aliphatic heterocycles. The minimum Gasteiger partial charge on any atom is -0.507 e. The molecule has 2 aromatic carbocycles. The van der Waals surface area contributed by atoms with E-state index in [-0.39, 0.29) is 17.0 Å². The smallest absolute Gasteiger partial charge is 0.193 e. The fourth-order valence-corrected chi connectivity index (χ4v) is 3.03. The second kappa shape index (κ2) is 7.62. The average Bonchev–Trinajstić information content (AvgIpc) is 3.19. The number of ketones is 1. The van der Waals surface area contributed by atoms with Crippen molar-refractivity contribution in [2.75, 3.05) is 0 Å². The molecule has 0 saturated carbocycles. The Bertz CT molecular complexity index is 1140. The number of carbonyl (C=O) groups excluding carboxylic acids is 1. The molecule has 29 heavy (non-hydrogen) atoms. The normalized spacial score (nSPS) is 15.1. The summed E-state index contributed by atoms with van der Waals surface area (Å²) in [4.78, 5) is 13.2. The molecule has 0 spiro atoms. The van der Waals surface area contributed by atoms with Gasteiger partial charge in [0.2, 0.25) is 0 Å². The maximum Gasteiger partial charge on any atom is 0.193 e. The van der Waals surface area contributed by atoms with Crippen molar-refractivity contribution in [3.05, 3.63) is 99.7 Å². The number of allylic oxidation sites excluding steroid dienone is 5. The lowest BCUT2D eigenvalue weighted by Gasteiger charge is -2.18. The predicted octanol–water partition coefficient (Wildman–Crippen LogP) is 5.49. The number of hydrogen-bond acceptors (Lipinski definition) is 4. The van der Waals surface area contributed by atoms with E-state index in [9.17, 15) is 9.90 Å². The lowest BCUT2D eigenvalue weighted by Crippen LogP contribution is -2.07. The van der Waals surface area contributed by atoms with Gasteiger partial charge in [-0.05, 0) is 71.7 Å². The fourth-order valence-electron chi connectivity index (χ4n) is 3.03. The molecule has 4 heteroatoms. The largest absolute Gasteiger partial charge is 0.507 e. The van der Waals surface area contributed by atoms with Crippen LogP contribution in [0.25, 0.3) is 5.76 Å². The number of aliphatic hydroxyl groups is 1. The maximum atomic E-state index is 13.2. The first-order valence-electron chi connectivity index (χ1n) is 9.17. The van der Waals surface area contributed by atoms with Crippen LogP contribution in [-0.4, -0.2) is 10.9 Å². The second-order valence-electron chi connectivity index (χ2n) is 7.88. The van der Waals surface area contributed by atoms with E-state index in [1.54, 1.807) is 48.5 Å².